The van der Waals surface area contributed by atoms with Crippen molar-refractivity contribution in [1.82, 2.24) is 14.5 Å². The highest BCUT2D eigenvalue weighted by Crippen LogP contribution is 2.19. The maximum atomic E-state index is 12.9. The fourth-order valence-corrected chi connectivity index (χ4v) is 4.28. The lowest BCUT2D eigenvalue weighted by molar-refractivity contribution is -0.121. The summed E-state index contributed by atoms with van der Waals surface area (Å²) in [6.07, 6.45) is 7.71. The Morgan fingerprint density at radius 1 is 0.938 bits per heavy atom. The third-order valence-electron chi connectivity index (χ3n) is 5.85. The van der Waals surface area contributed by atoms with Gasteiger partial charge in [-0.2, -0.15) is 0 Å². The topological polar surface area (TPSA) is 73.1 Å². The average molecular weight is 452 g/mol. The van der Waals surface area contributed by atoms with Crippen molar-refractivity contribution in [1.29, 1.82) is 0 Å². The number of nitrogens with zero attached hydrogens (tertiary/aromatic N) is 2. The number of para-hydroxylation sites is 2. The van der Waals surface area contributed by atoms with Gasteiger partial charge in [0.1, 0.15) is 6.54 Å². The Bertz CT molecular complexity index is 1270. The number of rotatable bonds is 7. The number of fused-ring (bicyclic) bond motifs is 1. The van der Waals surface area contributed by atoms with Gasteiger partial charge in [0, 0.05) is 11.6 Å². The van der Waals surface area contributed by atoms with Gasteiger partial charge in [-0.05, 0) is 61.9 Å². The second-order valence-electron chi connectivity index (χ2n) is 8.11. The van der Waals surface area contributed by atoms with Crippen LogP contribution in [0.25, 0.3) is 11.0 Å². The molecule has 7 heteroatoms. The molecule has 0 spiro atoms. The van der Waals surface area contributed by atoms with Gasteiger partial charge in [-0.25, -0.2) is 0 Å². The van der Waals surface area contributed by atoms with Crippen molar-refractivity contribution in [2.75, 3.05) is 6.54 Å². The molecule has 0 unspecified atom stereocenters. The van der Waals surface area contributed by atoms with E-state index in [1.807, 2.05) is 18.2 Å². The van der Waals surface area contributed by atoms with Crippen LogP contribution in [0.1, 0.15) is 37.7 Å². The van der Waals surface area contributed by atoms with Gasteiger partial charge in [0.2, 0.25) is 5.91 Å². The monoisotopic (exact) mass is 451 g/mol. The third kappa shape index (κ3) is 5.02. The van der Waals surface area contributed by atoms with Crippen LogP contribution >= 0.6 is 11.6 Å². The van der Waals surface area contributed by atoms with E-state index in [2.05, 4.69) is 11.4 Å². The van der Waals surface area contributed by atoms with Crippen LogP contribution in [0.3, 0.4) is 0 Å². The number of hydrogen-bond acceptors (Lipinski definition) is 3. The minimum Gasteiger partial charge on any atom is -0.354 e. The van der Waals surface area contributed by atoms with Gasteiger partial charge in [0.15, 0.2) is 0 Å². The Morgan fingerprint density at radius 2 is 1.62 bits per heavy atom. The molecule has 1 aromatic heterocycles. The van der Waals surface area contributed by atoms with Gasteiger partial charge in [0.05, 0.1) is 17.6 Å². The first-order valence-electron chi connectivity index (χ1n) is 10.9. The lowest BCUT2D eigenvalue weighted by Gasteiger charge is -2.16. The van der Waals surface area contributed by atoms with E-state index >= 15 is 0 Å². The standard InChI is InChI=1S/C25H26ClN3O3/c26-20-12-10-19(11-13-20)16-28-21-8-4-5-9-22(21)29(25(32)24(28)31)17-23(30)27-15-14-18-6-2-1-3-7-18/h4-6,8-13H,1-3,7,14-17H2,(H,27,30). The molecule has 1 aliphatic carbocycles. The molecule has 0 saturated heterocycles. The lowest BCUT2D eigenvalue weighted by Crippen LogP contribution is -2.44. The molecule has 2 aromatic carbocycles. The Balaban J connectivity index is 1.57. The number of nitrogens with one attached hydrogen (secondary N) is 1. The van der Waals surface area contributed by atoms with E-state index in [-0.39, 0.29) is 19.0 Å². The first-order valence-corrected chi connectivity index (χ1v) is 11.3. The van der Waals surface area contributed by atoms with Crippen molar-refractivity contribution >= 4 is 28.5 Å². The summed E-state index contributed by atoms with van der Waals surface area (Å²) >= 11 is 5.95. The largest absolute Gasteiger partial charge is 0.354 e. The molecule has 0 fully saturated rings. The van der Waals surface area contributed by atoms with E-state index in [1.54, 1.807) is 30.3 Å². The Morgan fingerprint density at radius 3 is 2.31 bits per heavy atom. The molecule has 1 amide bonds. The number of hydrogen-bond donors (Lipinski definition) is 1. The molecule has 1 aliphatic rings. The minimum absolute atomic E-state index is 0.185. The third-order valence-corrected chi connectivity index (χ3v) is 6.10. The highest BCUT2D eigenvalue weighted by Gasteiger charge is 2.15. The fraction of sp³-hybridized carbons (Fsp3) is 0.320. The van der Waals surface area contributed by atoms with Crippen molar-refractivity contribution in [2.45, 2.75) is 45.2 Å². The number of benzene rings is 2. The predicted molar refractivity (Wildman–Crippen MR) is 127 cm³/mol. The van der Waals surface area contributed by atoms with Crippen LogP contribution in [-0.2, 0) is 17.9 Å². The van der Waals surface area contributed by atoms with Gasteiger partial charge in [-0.3, -0.25) is 23.5 Å². The maximum Gasteiger partial charge on any atom is 0.317 e. The zero-order chi connectivity index (χ0) is 22.5. The van der Waals surface area contributed by atoms with E-state index in [4.69, 9.17) is 11.6 Å². The quantitative estimate of drug-likeness (QED) is 0.437. The number of halogens is 1. The molecule has 32 heavy (non-hydrogen) atoms. The van der Waals surface area contributed by atoms with E-state index < -0.39 is 11.1 Å². The summed E-state index contributed by atoms with van der Waals surface area (Å²) in [6.45, 7) is 0.592. The van der Waals surface area contributed by atoms with E-state index in [0.29, 0.717) is 22.6 Å². The van der Waals surface area contributed by atoms with Crippen molar-refractivity contribution in [2.24, 2.45) is 0 Å². The normalized spacial score (nSPS) is 13.7. The first kappa shape index (κ1) is 22.1. The maximum absolute atomic E-state index is 12.9. The summed E-state index contributed by atoms with van der Waals surface area (Å²) < 4.78 is 2.72. The summed E-state index contributed by atoms with van der Waals surface area (Å²) in [5.74, 6) is -0.275. The number of amides is 1. The molecule has 166 valence electrons. The molecular formula is C25H26ClN3O3. The lowest BCUT2D eigenvalue weighted by atomic mass is 9.97. The van der Waals surface area contributed by atoms with Crippen LogP contribution in [0, 0.1) is 0 Å². The Labute approximate surface area is 191 Å². The number of carbonyl (C=O) groups is 1. The summed E-state index contributed by atoms with van der Waals surface area (Å²) in [5.41, 5.74) is 2.03. The second kappa shape index (κ2) is 10.0. The Kier molecular flexibility index (Phi) is 6.90. The van der Waals surface area contributed by atoms with Gasteiger partial charge in [-0.1, -0.05) is 47.5 Å². The molecule has 0 aliphatic heterocycles. The molecule has 0 atom stereocenters. The first-order chi connectivity index (χ1) is 15.5. The van der Waals surface area contributed by atoms with Crippen molar-refractivity contribution in [3.8, 4) is 0 Å². The summed E-state index contributed by atoms with van der Waals surface area (Å²) in [7, 11) is 0. The molecule has 3 aromatic rings. The highest BCUT2D eigenvalue weighted by molar-refractivity contribution is 6.30. The van der Waals surface area contributed by atoms with E-state index in [1.165, 1.54) is 27.5 Å². The summed E-state index contributed by atoms with van der Waals surface area (Å²) in [4.78, 5) is 38.4. The number of aromatic nitrogens is 2. The van der Waals surface area contributed by atoms with Crippen molar-refractivity contribution in [3.05, 3.63) is 91.5 Å². The van der Waals surface area contributed by atoms with Crippen LogP contribution in [0.15, 0.2) is 69.8 Å². The van der Waals surface area contributed by atoms with E-state index in [9.17, 15) is 14.4 Å². The van der Waals surface area contributed by atoms with Crippen molar-refractivity contribution < 1.29 is 4.79 Å². The second-order valence-corrected chi connectivity index (χ2v) is 8.54. The molecule has 6 nitrogen and oxygen atoms in total. The molecular weight excluding hydrogens is 426 g/mol. The Hall–Kier alpha value is -3.12. The molecule has 1 heterocycles. The molecule has 1 N–H and O–H groups in total. The van der Waals surface area contributed by atoms with Crippen LogP contribution in [0.4, 0.5) is 0 Å². The molecule has 0 saturated carbocycles. The van der Waals surface area contributed by atoms with Crippen molar-refractivity contribution in [3.63, 3.8) is 0 Å². The highest BCUT2D eigenvalue weighted by atomic mass is 35.5. The van der Waals surface area contributed by atoms with Crippen LogP contribution in [-0.4, -0.2) is 21.6 Å². The predicted octanol–water partition coefficient (Wildman–Crippen LogP) is 3.87. The van der Waals surface area contributed by atoms with Gasteiger partial charge in [-0.15, -0.1) is 0 Å². The van der Waals surface area contributed by atoms with E-state index in [0.717, 1.165) is 24.8 Å². The zero-order valence-electron chi connectivity index (χ0n) is 17.9. The number of carbonyl (C=O) groups excluding carboxylic acids is 1. The summed E-state index contributed by atoms with van der Waals surface area (Å²) in [5, 5.41) is 3.49. The number of allylic oxidation sites excluding steroid dienone is 1. The average Bonchev–Trinajstić information content (AvgIpc) is 2.81. The molecule has 4 rings (SSSR count). The van der Waals surface area contributed by atoms with Gasteiger partial charge in [0.25, 0.3) is 0 Å². The fourth-order valence-electron chi connectivity index (χ4n) is 4.15. The summed E-state index contributed by atoms with van der Waals surface area (Å²) in [6, 6.07) is 14.3. The SMILES string of the molecule is O=C(Cn1c(=O)c(=O)n(Cc2ccc(Cl)cc2)c2ccccc21)NCCC1=CCCCC1. The van der Waals surface area contributed by atoms with Gasteiger partial charge >= 0.3 is 11.1 Å². The van der Waals surface area contributed by atoms with Crippen LogP contribution in [0.5, 0.6) is 0 Å². The molecule has 0 bridgehead atoms. The smallest absolute Gasteiger partial charge is 0.317 e. The van der Waals surface area contributed by atoms with Crippen LogP contribution < -0.4 is 16.4 Å². The van der Waals surface area contributed by atoms with Crippen LogP contribution in [0.2, 0.25) is 5.02 Å². The zero-order valence-corrected chi connectivity index (χ0v) is 18.6. The minimum atomic E-state index is -0.706. The van der Waals surface area contributed by atoms with Gasteiger partial charge < -0.3 is 5.32 Å². The molecule has 0 radical (unpaired) electrons.